The molecule has 0 radical (unpaired) electrons. The normalized spacial score (nSPS) is 11.2. The van der Waals surface area contributed by atoms with Gasteiger partial charge in [0, 0.05) is 18.1 Å². The molecule has 2 aromatic rings. The van der Waals surface area contributed by atoms with E-state index in [-0.39, 0.29) is 23.9 Å². The lowest BCUT2D eigenvalue weighted by atomic mass is 10.1. The van der Waals surface area contributed by atoms with Gasteiger partial charge >= 0.3 is 0 Å². The molecule has 0 aliphatic rings. The molecule has 0 atom stereocenters. The van der Waals surface area contributed by atoms with Gasteiger partial charge in [-0.25, -0.2) is 13.1 Å². The van der Waals surface area contributed by atoms with Crippen LogP contribution in [0.25, 0.3) is 0 Å². The van der Waals surface area contributed by atoms with Gasteiger partial charge in [-0.05, 0) is 42.8 Å². The van der Waals surface area contributed by atoms with Crippen molar-refractivity contribution in [3.05, 3.63) is 58.6 Å². The van der Waals surface area contributed by atoms with Crippen LogP contribution in [-0.2, 0) is 10.0 Å². The maximum absolute atomic E-state index is 12.3. The molecule has 25 heavy (non-hydrogen) atoms. The molecule has 134 valence electrons. The number of amides is 1. The number of rotatable bonds is 7. The minimum absolute atomic E-state index is 0.0604. The van der Waals surface area contributed by atoms with Gasteiger partial charge in [0.15, 0.2) is 0 Å². The highest BCUT2D eigenvalue weighted by molar-refractivity contribution is 7.89. The molecule has 2 N–H and O–H groups in total. The van der Waals surface area contributed by atoms with Crippen LogP contribution in [0.5, 0.6) is 5.75 Å². The summed E-state index contributed by atoms with van der Waals surface area (Å²) in [7, 11) is -2.15. The summed E-state index contributed by atoms with van der Waals surface area (Å²) >= 11 is 5.75. The van der Waals surface area contributed by atoms with E-state index in [1.807, 2.05) is 0 Å². The lowest BCUT2D eigenvalue weighted by Crippen LogP contribution is -2.35. The van der Waals surface area contributed by atoms with Crippen molar-refractivity contribution < 1.29 is 17.9 Å². The second-order valence-electron chi connectivity index (χ2n) is 5.26. The fourth-order valence-corrected chi connectivity index (χ4v) is 3.41. The van der Waals surface area contributed by atoms with Gasteiger partial charge in [0.25, 0.3) is 5.91 Å². The summed E-state index contributed by atoms with van der Waals surface area (Å²) in [6.07, 6.45) is 0. The van der Waals surface area contributed by atoms with Crippen LogP contribution in [0.4, 0.5) is 0 Å². The Kier molecular flexibility index (Phi) is 6.41. The number of hydrogen-bond acceptors (Lipinski definition) is 4. The summed E-state index contributed by atoms with van der Waals surface area (Å²) in [6, 6.07) is 11.1. The molecule has 6 nitrogen and oxygen atoms in total. The second kappa shape index (κ2) is 8.33. The zero-order chi connectivity index (χ0) is 18.4. The molecule has 1 amide bonds. The number of nitrogens with one attached hydrogen (secondary N) is 2. The van der Waals surface area contributed by atoms with Gasteiger partial charge in [0.1, 0.15) is 5.75 Å². The van der Waals surface area contributed by atoms with Gasteiger partial charge in [-0.15, -0.1) is 0 Å². The van der Waals surface area contributed by atoms with Crippen molar-refractivity contribution in [2.75, 3.05) is 20.2 Å². The van der Waals surface area contributed by atoms with Crippen molar-refractivity contribution in [2.24, 2.45) is 0 Å². The van der Waals surface area contributed by atoms with E-state index >= 15 is 0 Å². The average molecular weight is 383 g/mol. The molecule has 0 bridgehead atoms. The van der Waals surface area contributed by atoms with Gasteiger partial charge in [0.05, 0.1) is 17.6 Å². The number of methoxy groups -OCH3 is 1. The number of hydrogen-bond donors (Lipinski definition) is 2. The van der Waals surface area contributed by atoms with Crippen molar-refractivity contribution >= 4 is 27.5 Å². The summed E-state index contributed by atoms with van der Waals surface area (Å²) in [5.74, 6) is 0.153. The molecule has 0 fully saturated rings. The van der Waals surface area contributed by atoms with Gasteiger partial charge in [-0.3, -0.25) is 4.79 Å². The van der Waals surface area contributed by atoms with E-state index in [0.717, 1.165) is 5.56 Å². The summed E-state index contributed by atoms with van der Waals surface area (Å²) in [4.78, 5) is 12.4. The summed E-state index contributed by atoms with van der Waals surface area (Å²) in [6.45, 7) is 2.01. The van der Waals surface area contributed by atoms with Gasteiger partial charge in [-0.2, -0.15) is 0 Å². The molecule has 0 aliphatic heterocycles. The third-order valence-corrected chi connectivity index (χ3v) is 5.24. The standard InChI is InChI=1S/C17H19ClN2O4S/c1-12-4-3-5-15(24-2)16(12)17(21)19-10-11-20-25(22,23)14-8-6-13(18)7-9-14/h3-9,20H,10-11H2,1-2H3,(H,19,21). The molecule has 0 spiro atoms. The summed E-state index contributed by atoms with van der Waals surface area (Å²) in [5, 5.41) is 3.14. The number of halogens is 1. The molecule has 0 saturated carbocycles. The van der Waals surface area contributed by atoms with E-state index < -0.39 is 10.0 Å². The van der Waals surface area contributed by atoms with Crippen LogP contribution in [0.1, 0.15) is 15.9 Å². The third kappa shape index (κ3) is 4.94. The first-order chi connectivity index (χ1) is 11.8. The van der Waals surface area contributed by atoms with Gasteiger partial charge in [0.2, 0.25) is 10.0 Å². The zero-order valence-electron chi connectivity index (χ0n) is 13.9. The highest BCUT2D eigenvalue weighted by Crippen LogP contribution is 2.21. The SMILES string of the molecule is COc1cccc(C)c1C(=O)NCCNS(=O)(=O)c1ccc(Cl)cc1. The molecule has 0 heterocycles. The Morgan fingerprint density at radius 2 is 1.80 bits per heavy atom. The Morgan fingerprint density at radius 3 is 2.44 bits per heavy atom. The molecular formula is C17H19ClN2O4S. The van der Waals surface area contributed by atoms with E-state index in [1.54, 1.807) is 25.1 Å². The molecular weight excluding hydrogens is 364 g/mol. The Balaban J connectivity index is 1.93. The van der Waals surface area contributed by atoms with Gasteiger partial charge in [-0.1, -0.05) is 23.7 Å². The van der Waals surface area contributed by atoms with Crippen LogP contribution in [0, 0.1) is 6.92 Å². The number of sulfonamides is 1. The van der Waals surface area contributed by atoms with Crippen LogP contribution in [0.2, 0.25) is 5.02 Å². The van der Waals surface area contributed by atoms with Crippen LogP contribution in [-0.4, -0.2) is 34.5 Å². The first-order valence-corrected chi connectivity index (χ1v) is 9.38. The second-order valence-corrected chi connectivity index (χ2v) is 7.46. The lowest BCUT2D eigenvalue weighted by molar-refractivity contribution is 0.0950. The van der Waals surface area contributed by atoms with Crippen LogP contribution >= 0.6 is 11.6 Å². The highest BCUT2D eigenvalue weighted by atomic mass is 35.5. The van der Waals surface area contributed by atoms with E-state index in [0.29, 0.717) is 16.3 Å². The maximum atomic E-state index is 12.3. The zero-order valence-corrected chi connectivity index (χ0v) is 15.4. The predicted octanol–water partition coefficient (Wildman–Crippen LogP) is 2.37. The Labute approximate surface area is 152 Å². The van der Waals surface area contributed by atoms with Crippen molar-refractivity contribution in [3.8, 4) is 5.75 Å². The van der Waals surface area contributed by atoms with Crippen LogP contribution < -0.4 is 14.8 Å². The number of ether oxygens (including phenoxy) is 1. The number of carbonyl (C=O) groups excluding carboxylic acids is 1. The van der Waals surface area contributed by atoms with Crippen molar-refractivity contribution in [1.29, 1.82) is 0 Å². The Bertz CT molecular complexity index is 851. The number of aryl methyl sites for hydroxylation is 1. The molecule has 2 rings (SSSR count). The average Bonchev–Trinajstić information content (AvgIpc) is 2.58. The fraction of sp³-hybridized carbons (Fsp3) is 0.235. The third-order valence-electron chi connectivity index (χ3n) is 3.51. The lowest BCUT2D eigenvalue weighted by Gasteiger charge is -2.12. The molecule has 0 aromatic heterocycles. The fourth-order valence-electron chi connectivity index (χ4n) is 2.25. The van der Waals surface area contributed by atoms with Gasteiger partial charge < -0.3 is 10.1 Å². The van der Waals surface area contributed by atoms with Crippen LogP contribution in [0.3, 0.4) is 0 Å². The van der Waals surface area contributed by atoms with Crippen molar-refractivity contribution in [2.45, 2.75) is 11.8 Å². The Morgan fingerprint density at radius 1 is 1.12 bits per heavy atom. The highest BCUT2D eigenvalue weighted by Gasteiger charge is 2.16. The smallest absolute Gasteiger partial charge is 0.255 e. The minimum atomic E-state index is -3.65. The molecule has 8 heteroatoms. The minimum Gasteiger partial charge on any atom is -0.496 e. The van der Waals surface area contributed by atoms with Crippen molar-refractivity contribution in [1.82, 2.24) is 10.0 Å². The van der Waals surface area contributed by atoms with E-state index in [4.69, 9.17) is 16.3 Å². The van der Waals surface area contributed by atoms with Crippen molar-refractivity contribution in [3.63, 3.8) is 0 Å². The Hall–Kier alpha value is -2.09. The predicted molar refractivity (Wildman–Crippen MR) is 96.7 cm³/mol. The van der Waals surface area contributed by atoms with Crippen LogP contribution in [0.15, 0.2) is 47.4 Å². The first kappa shape index (κ1) is 19.2. The quantitative estimate of drug-likeness (QED) is 0.720. The largest absolute Gasteiger partial charge is 0.496 e. The topological polar surface area (TPSA) is 84.5 Å². The summed E-state index contributed by atoms with van der Waals surface area (Å²) in [5.41, 5.74) is 1.21. The molecule has 2 aromatic carbocycles. The molecule has 0 unspecified atom stereocenters. The first-order valence-electron chi connectivity index (χ1n) is 7.52. The van der Waals surface area contributed by atoms with E-state index in [9.17, 15) is 13.2 Å². The number of carbonyl (C=O) groups is 1. The van der Waals surface area contributed by atoms with E-state index in [2.05, 4.69) is 10.0 Å². The molecule has 0 aliphatic carbocycles. The molecule has 0 saturated heterocycles. The monoisotopic (exact) mass is 382 g/mol. The maximum Gasteiger partial charge on any atom is 0.255 e. The number of benzene rings is 2. The summed E-state index contributed by atoms with van der Waals surface area (Å²) < 4.78 is 31.9. The van der Waals surface area contributed by atoms with E-state index in [1.165, 1.54) is 31.4 Å².